The van der Waals surface area contributed by atoms with Crippen LogP contribution in [0.15, 0.2) is 18.2 Å². The summed E-state index contributed by atoms with van der Waals surface area (Å²) in [4.78, 5) is 22.5. The molecule has 0 aliphatic carbocycles. The Morgan fingerprint density at radius 1 is 1.52 bits per heavy atom. The molecule has 1 aromatic rings. The second-order valence-electron chi connectivity index (χ2n) is 4.66. The number of halogens is 1. The van der Waals surface area contributed by atoms with Crippen LogP contribution in [-0.4, -0.2) is 37.1 Å². The van der Waals surface area contributed by atoms with Gasteiger partial charge in [-0.15, -0.1) is 12.4 Å². The quantitative estimate of drug-likeness (QED) is 0.649. The standard InChI is InChI=1S/C13H17N3O4.ClH/c1-20-12-5-4-10(16(18)19)7-11(12)13(17)15-9-3-2-6-14-8-9;/h4-5,7,9,14H,2-3,6,8H2,1H3,(H,15,17);1H/t9-;/m0./s1. The molecule has 2 N–H and O–H groups in total. The Kier molecular flexibility index (Phi) is 6.39. The van der Waals surface area contributed by atoms with Crippen LogP contribution in [0, 0.1) is 10.1 Å². The van der Waals surface area contributed by atoms with Crippen molar-refractivity contribution in [3.63, 3.8) is 0 Å². The predicted molar refractivity (Wildman–Crippen MR) is 80.3 cm³/mol. The zero-order chi connectivity index (χ0) is 14.5. The van der Waals surface area contributed by atoms with Gasteiger partial charge in [0.25, 0.3) is 11.6 Å². The summed E-state index contributed by atoms with van der Waals surface area (Å²) < 4.78 is 5.09. The Hall–Kier alpha value is -1.86. The van der Waals surface area contributed by atoms with E-state index in [1.165, 1.54) is 25.3 Å². The molecule has 1 atom stereocenters. The molecule has 1 aromatic carbocycles. The van der Waals surface area contributed by atoms with Gasteiger partial charge in [-0.2, -0.15) is 0 Å². The molecule has 0 unspecified atom stereocenters. The maximum atomic E-state index is 12.2. The third-order valence-corrected chi connectivity index (χ3v) is 3.27. The van der Waals surface area contributed by atoms with Crippen LogP contribution >= 0.6 is 12.4 Å². The van der Waals surface area contributed by atoms with E-state index in [2.05, 4.69) is 10.6 Å². The van der Waals surface area contributed by atoms with E-state index in [9.17, 15) is 14.9 Å². The Bertz CT molecular complexity index is 518. The number of hydrogen-bond acceptors (Lipinski definition) is 5. The molecule has 21 heavy (non-hydrogen) atoms. The van der Waals surface area contributed by atoms with E-state index in [4.69, 9.17) is 4.74 Å². The highest BCUT2D eigenvalue weighted by Gasteiger charge is 2.21. The summed E-state index contributed by atoms with van der Waals surface area (Å²) >= 11 is 0. The normalized spacial score (nSPS) is 17.5. The maximum Gasteiger partial charge on any atom is 0.270 e. The van der Waals surface area contributed by atoms with Crippen molar-refractivity contribution in [2.24, 2.45) is 0 Å². The second kappa shape index (κ2) is 7.80. The molecule has 0 aromatic heterocycles. The Labute approximate surface area is 128 Å². The van der Waals surface area contributed by atoms with E-state index < -0.39 is 4.92 Å². The number of rotatable bonds is 4. The molecular formula is C13H18ClN3O4. The fraction of sp³-hybridized carbons (Fsp3) is 0.462. The summed E-state index contributed by atoms with van der Waals surface area (Å²) in [6.45, 7) is 1.66. The number of non-ortho nitro benzene ring substituents is 1. The van der Waals surface area contributed by atoms with Crippen molar-refractivity contribution in [3.05, 3.63) is 33.9 Å². The summed E-state index contributed by atoms with van der Waals surface area (Å²) in [6, 6.07) is 4.04. The second-order valence-corrected chi connectivity index (χ2v) is 4.66. The van der Waals surface area contributed by atoms with Crippen molar-refractivity contribution in [3.8, 4) is 5.75 Å². The molecule has 0 spiro atoms. The monoisotopic (exact) mass is 315 g/mol. The molecule has 8 heteroatoms. The first-order valence-electron chi connectivity index (χ1n) is 6.46. The van der Waals surface area contributed by atoms with Gasteiger partial charge < -0.3 is 15.4 Å². The van der Waals surface area contributed by atoms with Crippen molar-refractivity contribution in [1.82, 2.24) is 10.6 Å². The first kappa shape index (κ1) is 17.2. The number of nitro benzene ring substituents is 1. The highest BCUT2D eigenvalue weighted by atomic mass is 35.5. The van der Waals surface area contributed by atoms with Crippen LogP contribution in [0.1, 0.15) is 23.2 Å². The number of piperidine rings is 1. The van der Waals surface area contributed by atoms with Gasteiger partial charge in [-0.05, 0) is 25.5 Å². The summed E-state index contributed by atoms with van der Waals surface area (Å²) in [6.07, 6.45) is 1.90. The number of carbonyl (C=O) groups excluding carboxylic acids is 1. The van der Waals surface area contributed by atoms with Crippen molar-refractivity contribution in [1.29, 1.82) is 0 Å². The molecule has 7 nitrogen and oxygen atoms in total. The molecule has 1 aliphatic rings. The first-order chi connectivity index (χ1) is 9.61. The molecule has 1 fully saturated rings. The van der Waals surface area contributed by atoms with E-state index in [-0.39, 0.29) is 35.6 Å². The molecule has 1 saturated heterocycles. The number of nitrogens with one attached hydrogen (secondary N) is 2. The van der Waals surface area contributed by atoms with Crippen LogP contribution in [-0.2, 0) is 0 Å². The van der Waals surface area contributed by atoms with Crippen molar-refractivity contribution in [2.75, 3.05) is 20.2 Å². The fourth-order valence-corrected chi connectivity index (χ4v) is 2.23. The largest absolute Gasteiger partial charge is 0.496 e. The van der Waals surface area contributed by atoms with Crippen molar-refractivity contribution < 1.29 is 14.5 Å². The van der Waals surface area contributed by atoms with Crippen LogP contribution < -0.4 is 15.4 Å². The number of nitrogens with zero attached hydrogens (tertiary/aromatic N) is 1. The van der Waals surface area contributed by atoms with Crippen LogP contribution in [0.2, 0.25) is 0 Å². The Morgan fingerprint density at radius 3 is 2.86 bits per heavy atom. The Balaban J connectivity index is 0.00000220. The van der Waals surface area contributed by atoms with Gasteiger partial charge in [-0.1, -0.05) is 0 Å². The first-order valence-corrected chi connectivity index (χ1v) is 6.46. The molecule has 0 bridgehead atoms. The number of nitro groups is 1. The average molecular weight is 316 g/mol. The SMILES string of the molecule is COc1ccc([N+](=O)[O-])cc1C(=O)N[C@H]1CCCNC1.Cl. The molecule has 0 radical (unpaired) electrons. The lowest BCUT2D eigenvalue weighted by atomic mass is 10.1. The highest BCUT2D eigenvalue weighted by molar-refractivity contribution is 5.97. The molecular weight excluding hydrogens is 298 g/mol. The minimum Gasteiger partial charge on any atom is -0.496 e. The predicted octanol–water partition coefficient (Wildman–Crippen LogP) is 1.51. The summed E-state index contributed by atoms with van der Waals surface area (Å²) in [5.74, 6) is -0.0175. The number of hydrogen-bond donors (Lipinski definition) is 2. The molecule has 0 saturated carbocycles. The molecule has 2 rings (SSSR count). The third kappa shape index (κ3) is 4.30. The van der Waals surface area contributed by atoms with Gasteiger partial charge in [0, 0.05) is 24.7 Å². The van der Waals surface area contributed by atoms with Gasteiger partial charge in [0.1, 0.15) is 5.75 Å². The lowest BCUT2D eigenvalue weighted by molar-refractivity contribution is -0.384. The fourth-order valence-electron chi connectivity index (χ4n) is 2.23. The van der Waals surface area contributed by atoms with Crippen LogP contribution in [0.5, 0.6) is 5.75 Å². The average Bonchev–Trinajstić information content (AvgIpc) is 2.47. The van der Waals surface area contributed by atoms with Gasteiger partial charge in [0.2, 0.25) is 0 Å². The van der Waals surface area contributed by atoms with E-state index in [0.717, 1.165) is 19.4 Å². The summed E-state index contributed by atoms with van der Waals surface area (Å²) in [7, 11) is 1.43. The lowest BCUT2D eigenvalue weighted by Gasteiger charge is -2.24. The van der Waals surface area contributed by atoms with Crippen molar-refractivity contribution >= 4 is 24.0 Å². The number of ether oxygens (including phenoxy) is 1. The molecule has 1 heterocycles. The van der Waals surface area contributed by atoms with E-state index in [0.29, 0.717) is 12.3 Å². The third-order valence-electron chi connectivity index (χ3n) is 3.27. The van der Waals surface area contributed by atoms with Gasteiger partial charge >= 0.3 is 0 Å². The van der Waals surface area contributed by atoms with E-state index in [1.54, 1.807) is 0 Å². The van der Waals surface area contributed by atoms with Crippen molar-refractivity contribution in [2.45, 2.75) is 18.9 Å². The molecule has 1 amide bonds. The number of amides is 1. The van der Waals surface area contributed by atoms with Gasteiger partial charge in [0.05, 0.1) is 17.6 Å². The van der Waals surface area contributed by atoms with E-state index in [1.807, 2.05) is 0 Å². The van der Waals surface area contributed by atoms with Gasteiger partial charge in [-0.25, -0.2) is 0 Å². The van der Waals surface area contributed by atoms with Crippen LogP contribution in [0.25, 0.3) is 0 Å². The summed E-state index contributed by atoms with van der Waals surface area (Å²) in [5, 5.41) is 16.9. The topological polar surface area (TPSA) is 93.5 Å². The van der Waals surface area contributed by atoms with Gasteiger partial charge in [-0.3, -0.25) is 14.9 Å². The smallest absolute Gasteiger partial charge is 0.270 e. The minimum atomic E-state index is -0.529. The summed E-state index contributed by atoms with van der Waals surface area (Å²) in [5.41, 5.74) is 0.0602. The maximum absolute atomic E-state index is 12.2. The van der Waals surface area contributed by atoms with Crippen LogP contribution in [0.4, 0.5) is 5.69 Å². The van der Waals surface area contributed by atoms with E-state index >= 15 is 0 Å². The highest BCUT2D eigenvalue weighted by Crippen LogP contribution is 2.24. The van der Waals surface area contributed by atoms with Crippen LogP contribution in [0.3, 0.4) is 0 Å². The number of methoxy groups -OCH3 is 1. The lowest BCUT2D eigenvalue weighted by Crippen LogP contribution is -2.45. The minimum absolute atomic E-state index is 0. The zero-order valence-electron chi connectivity index (χ0n) is 11.6. The zero-order valence-corrected chi connectivity index (χ0v) is 12.4. The number of carbonyl (C=O) groups is 1. The Morgan fingerprint density at radius 2 is 2.29 bits per heavy atom. The molecule has 116 valence electrons. The molecule has 1 aliphatic heterocycles. The number of benzene rings is 1. The van der Waals surface area contributed by atoms with Gasteiger partial charge in [0.15, 0.2) is 0 Å².